The molecule has 0 bridgehead atoms. The molecule has 0 fully saturated rings. The smallest absolute Gasteiger partial charge is 0.360 e. The van der Waals surface area contributed by atoms with Crippen LogP contribution in [0.25, 0.3) is 0 Å². The van der Waals surface area contributed by atoms with E-state index in [1.54, 1.807) is 0 Å². The molecule has 1 nitrogen and oxygen atoms in total. The molecule has 0 aromatic rings. The predicted molar refractivity (Wildman–Crippen MR) is 43.5 cm³/mol. The van der Waals surface area contributed by atoms with Crippen molar-refractivity contribution in [2.75, 3.05) is 6.61 Å². The lowest BCUT2D eigenvalue weighted by Crippen LogP contribution is -2.36. The van der Waals surface area contributed by atoms with Crippen molar-refractivity contribution in [3.05, 3.63) is 23.2 Å². The molecule has 0 saturated carbocycles. The van der Waals surface area contributed by atoms with Crippen LogP contribution in [-0.2, 0) is 4.74 Å². The molecule has 0 aromatic heterocycles. The van der Waals surface area contributed by atoms with E-state index in [1.807, 2.05) is 0 Å². The first kappa shape index (κ1) is 13.9. The van der Waals surface area contributed by atoms with Crippen molar-refractivity contribution < 1.29 is 35.5 Å². The largest absolute Gasteiger partial charge is 0.489 e. The maximum Gasteiger partial charge on any atom is 0.360 e. The average molecular weight is 264 g/mol. The average Bonchev–Trinajstić information content (AvgIpc) is 2.25. The zero-order chi connectivity index (χ0) is 13.4. The summed E-state index contributed by atoms with van der Waals surface area (Å²) in [6, 6.07) is 0. The quantitative estimate of drug-likeness (QED) is 0.699. The van der Waals surface area contributed by atoms with Crippen molar-refractivity contribution in [3.8, 4) is 0 Å². The van der Waals surface area contributed by atoms with E-state index < -0.39 is 41.7 Å². The van der Waals surface area contributed by atoms with Gasteiger partial charge in [0, 0.05) is 0 Å². The number of ether oxygens (including phenoxy) is 1. The minimum atomic E-state index is -5.06. The molecular weight excluding hydrogens is 257 g/mol. The first-order valence-corrected chi connectivity index (χ1v) is 4.52. The Morgan fingerprint density at radius 2 is 1.35 bits per heavy atom. The monoisotopic (exact) mass is 264 g/mol. The van der Waals surface area contributed by atoms with Gasteiger partial charge in [-0.3, -0.25) is 0 Å². The first-order chi connectivity index (χ1) is 7.67. The van der Waals surface area contributed by atoms with Gasteiger partial charge < -0.3 is 4.74 Å². The molecule has 0 unspecified atom stereocenters. The summed E-state index contributed by atoms with van der Waals surface area (Å²) in [5, 5.41) is 0. The Morgan fingerprint density at radius 3 is 1.82 bits per heavy atom. The lowest BCUT2D eigenvalue weighted by Gasteiger charge is -2.27. The van der Waals surface area contributed by atoms with E-state index in [0.717, 1.165) is 0 Å². The molecule has 17 heavy (non-hydrogen) atoms. The van der Waals surface area contributed by atoms with Crippen LogP contribution >= 0.6 is 0 Å². The van der Waals surface area contributed by atoms with E-state index >= 15 is 0 Å². The van der Waals surface area contributed by atoms with Gasteiger partial charge in [-0.05, 0) is 6.42 Å². The molecule has 0 saturated heterocycles. The molecule has 1 aliphatic rings. The third kappa shape index (κ3) is 2.00. The fourth-order valence-electron chi connectivity index (χ4n) is 1.11. The standard InChI is InChI=1S/C9H7F7O/c1-2-3-17-7-6(12)8(13,14)4(10)5(11)9(7,15)16/h2-3H2,1H3. The zero-order valence-corrected chi connectivity index (χ0v) is 8.47. The van der Waals surface area contributed by atoms with E-state index in [0.29, 0.717) is 0 Å². The van der Waals surface area contributed by atoms with Crippen LogP contribution in [0.3, 0.4) is 0 Å². The van der Waals surface area contributed by atoms with Gasteiger partial charge in [0.05, 0.1) is 6.61 Å². The number of alkyl halides is 4. The van der Waals surface area contributed by atoms with Gasteiger partial charge >= 0.3 is 11.8 Å². The van der Waals surface area contributed by atoms with Gasteiger partial charge in [0.1, 0.15) is 0 Å². The highest BCUT2D eigenvalue weighted by molar-refractivity contribution is 5.39. The van der Waals surface area contributed by atoms with Gasteiger partial charge in [0.25, 0.3) is 0 Å². The molecular formula is C9H7F7O. The van der Waals surface area contributed by atoms with E-state index in [9.17, 15) is 30.7 Å². The number of halogens is 7. The summed E-state index contributed by atoms with van der Waals surface area (Å²) in [6.07, 6.45) is 0.103. The molecule has 0 spiro atoms. The minimum Gasteiger partial charge on any atom is -0.489 e. The van der Waals surface area contributed by atoms with E-state index in [-0.39, 0.29) is 6.42 Å². The van der Waals surface area contributed by atoms with Crippen molar-refractivity contribution in [2.45, 2.75) is 25.2 Å². The summed E-state index contributed by atoms with van der Waals surface area (Å²) in [7, 11) is 0. The third-order valence-corrected chi connectivity index (χ3v) is 1.95. The maximum atomic E-state index is 13.0. The van der Waals surface area contributed by atoms with Gasteiger partial charge in [-0.25, -0.2) is 13.2 Å². The van der Waals surface area contributed by atoms with Crippen LogP contribution in [0.1, 0.15) is 13.3 Å². The molecule has 98 valence electrons. The second-order valence-corrected chi connectivity index (χ2v) is 3.27. The Hall–Kier alpha value is -1.21. The lowest BCUT2D eigenvalue weighted by molar-refractivity contribution is -0.0603. The summed E-state index contributed by atoms with van der Waals surface area (Å²) >= 11 is 0. The van der Waals surface area contributed by atoms with Crippen molar-refractivity contribution in [1.82, 2.24) is 0 Å². The third-order valence-electron chi connectivity index (χ3n) is 1.95. The van der Waals surface area contributed by atoms with Crippen LogP contribution < -0.4 is 0 Å². The fraction of sp³-hybridized carbons (Fsp3) is 0.556. The summed E-state index contributed by atoms with van der Waals surface area (Å²) in [4.78, 5) is 0. The van der Waals surface area contributed by atoms with Crippen LogP contribution in [0, 0.1) is 0 Å². The van der Waals surface area contributed by atoms with Gasteiger partial charge in [0.2, 0.25) is 23.2 Å². The molecule has 0 aliphatic heterocycles. The minimum absolute atomic E-state index is 0.103. The number of allylic oxidation sites excluding steroid dienone is 3. The summed E-state index contributed by atoms with van der Waals surface area (Å²) in [5.41, 5.74) is 0. The zero-order valence-electron chi connectivity index (χ0n) is 8.47. The van der Waals surface area contributed by atoms with Crippen molar-refractivity contribution >= 4 is 0 Å². The lowest BCUT2D eigenvalue weighted by atomic mass is 10.0. The first-order valence-electron chi connectivity index (χ1n) is 4.52. The SMILES string of the molecule is CCCOC1=C(F)C(F)(F)C(F)=C(F)C1(F)F. The Morgan fingerprint density at radius 1 is 0.882 bits per heavy atom. The highest BCUT2D eigenvalue weighted by Crippen LogP contribution is 2.50. The van der Waals surface area contributed by atoms with Crippen molar-refractivity contribution in [3.63, 3.8) is 0 Å². The molecule has 0 aromatic carbocycles. The van der Waals surface area contributed by atoms with Crippen molar-refractivity contribution in [1.29, 1.82) is 0 Å². The van der Waals surface area contributed by atoms with E-state index in [2.05, 4.69) is 4.74 Å². The number of hydrogen-bond donors (Lipinski definition) is 0. The highest BCUT2D eigenvalue weighted by atomic mass is 19.3. The molecule has 0 heterocycles. The van der Waals surface area contributed by atoms with Crippen LogP contribution in [0.2, 0.25) is 0 Å². The Labute approximate surface area is 91.5 Å². The Kier molecular flexibility index (Phi) is 3.45. The molecule has 8 heteroatoms. The van der Waals surface area contributed by atoms with Gasteiger partial charge in [-0.2, -0.15) is 17.6 Å². The molecule has 1 aliphatic carbocycles. The summed E-state index contributed by atoms with van der Waals surface area (Å²) < 4.78 is 93.7. The van der Waals surface area contributed by atoms with Gasteiger partial charge in [-0.1, -0.05) is 6.92 Å². The van der Waals surface area contributed by atoms with Crippen LogP contribution in [0.4, 0.5) is 30.7 Å². The van der Waals surface area contributed by atoms with E-state index in [1.165, 1.54) is 6.92 Å². The van der Waals surface area contributed by atoms with Crippen LogP contribution in [0.15, 0.2) is 23.2 Å². The molecule has 1 rings (SSSR count). The second kappa shape index (κ2) is 4.23. The predicted octanol–water partition coefficient (Wildman–Crippen LogP) is 4.03. The van der Waals surface area contributed by atoms with Crippen LogP contribution in [-0.4, -0.2) is 18.5 Å². The Balaban J connectivity index is 3.29. The van der Waals surface area contributed by atoms with Gasteiger partial charge in [-0.15, -0.1) is 0 Å². The highest BCUT2D eigenvalue weighted by Gasteiger charge is 2.61. The van der Waals surface area contributed by atoms with Crippen LogP contribution in [0.5, 0.6) is 0 Å². The molecule has 0 N–H and O–H groups in total. The second-order valence-electron chi connectivity index (χ2n) is 3.27. The molecule has 0 amide bonds. The van der Waals surface area contributed by atoms with Gasteiger partial charge in [0.15, 0.2) is 0 Å². The number of rotatable bonds is 3. The Bertz CT molecular complexity index is 383. The number of hydrogen-bond acceptors (Lipinski definition) is 1. The molecule has 0 atom stereocenters. The summed E-state index contributed by atoms with van der Waals surface area (Å²) in [6.45, 7) is 0.910. The van der Waals surface area contributed by atoms with Crippen molar-refractivity contribution in [2.24, 2.45) is 0 Å². The van der Waals surface area contributed by atoms with E-state index in [4.69, 9.17) is 0 Å². The summed E-state index contributed by atoms with van der Waals surface area (Å²) in [5.74, 6) is -21.1. The molecule has 0 radical (unpaired) electrons. The topological polar surface area (TPSA) is 9.23 Å². The fourth-order valence-corrected chi connectivity index (χ4v) is 1.11. The maximum absolute atomic E-state index is 13.0. The normalized spacial score (nSPS) is 23.1.